The fraction of sp³-hybridized carbons (Fsp3) is 0.444. The van der Waals surface area contributed by atoms with Crippen LogP contribution in [0.1, 0.15) is 31.7 Å². The largest absolute Gasteiger partial charge is 0.480 e. The molecule has 2 amide bonds. The number of hydrogen-bond acceptors (Lipinski definition) is 5. The minimum absolute atomic E-state index is 0.0474. The molecule has 1 aliphatic heterocycles. The molecule has 140 valence electrons. The smallest absolute Gasteiger partial charge is 0.327 e. The number of thioether (sulfide) groups is 1. The van der Waals surface area contributed by atoms with Gasteiger partial charge in [0.25, 0.3) is 0 Å². The highest BCUT2D eigenvalue weighted by Crippen LogP contribution is 2.20. The number of nitrogens with zero attached hydrogens (tertiary/aromatic N) is 1. The molecule has 1 fully saturated rings. The van der Waals surface area contributed by atoms with Gasteiger partial charge in [0.1, 0.15) is 12.2 Å². The molecular weight excluding hydrogens is 356 g/mol. The number of carbonyl (C=O) groups is 4. The standard InChI is InChI=1S/C18H22N2O5S/c1-12(21)26-10-9-17(23)20-14(18(24)25)11-16(22)19-15(20)8-7-13-5-3-2-4-6-13/h2-6,14-15H,7-11H2,1H3,(H,19,22)(H,24,25)/t14-,15-/m0/s1. The van der Waals surface area contributed by atoms with Crippen LogP contribution in [-0.2, 0) is 25.6 Å². The van der Waals surface area contributed by atoms with Gasteiger partial charge in [0.05, 0.1) is 6.42 Å². The zero-order chi connectivity index (χ0) is 19.1. The minimum Gasteiger partial charge on any atom is -0.480 e. The van der Waals surface area contributed by atoms with Crippen molar-refractivity contribution >= 4 is 34.7 Å². The molecule has 1 aromatic carbocycles. The molecule has 0 aromatic heterocycles. The number of aliphatic carboxylic acids is 1. The summed E-state index contributed by atoms with van der Waals surface area (Å²) in [6.45, 7) is 1.42. The van der Waals surface area contributed by atoms with Crippen molar-refractivity contribution in [1.82, 2.24) is 10.2 Å². The van der Waals surface area contributed by atoms with Gasteiger partial charge in [0.15, 0.2) is 5.12 Å². The molecule has 0 spiro atoms. The summed E-state index contributed by atoms with van der Waals surface area (Å²) in [7, 11) is 0. The summed E-state index contributed by atoms with van der Waals surface area (Å²) in [6.07, 6.45) is 0.136. The van der Waals surface area contributed by atoms with Crippen LogP contribution in [0.2, 0.25) is 0 Å². The number of nitrogens with one attached hydrogen (secondary N) is 1. The normalized spacial score (nSPS) is 19.7. The van der Waals surface area contributed by atoms with Crippen LogP contribution in [-0.4, -0.2) is 50.9 Å². The van der Waals surface area contributed by atoms with Gasteiger partial charge >= 0.3 is 5.97 Å². The molecule has 8 heteroatoms. The highest BCUT2D eigenvalue weighted by Gasteiger charge is 2.40. The molecule has 7 nitrogen and oxygen atoms in total. The van der Waals surface area contributed by atoms with E-state index in [1.165, 1.54) is 11.8 Å². The second-order valence-corrected chi connectivity index (χ2v) is 7.33. The van der Waals surface area contributed by atoms with Crippen molar-refractivity contribution in [2.24, 2.45) is 0 Å². The third-order valence-corrected chi connectivity index (χ3v) is 4.94. The first-order valence-electron chi connectivity index (χ1n) is 8.39. The Labute approximate surface area is 156 Å². The van der Waals surface area contributed by atoms with Gasteiger partial charge in [0, 0.05) is 19.1 Å². The van der Waals surface area contributed by atoms with Gasteiger partial charge in [-0.3, -0.25) is 14.4 Å². The van der Waals surface area contributed by atoms with Crippen LogP contribution in [0.5, 0.6) is 0 Å². The Kier molecular flexibility index (Phi) is 7.20. The number of hydrogen-bond donors (Lipinski definition) is 2. The van der Waals surface area contributed by atoms with Gasteiger partial charge in [-0.15, -0.1) is 0 Å². The number of rotatable bonds is 7. The summed E-state index contributed by atoms with van der Waals surface area (Å²) in [5, 5.41) is 12.1. The average Bonchev–Trinajstić information content (AvgIpc) is 2.59. The van der Waals surface area contributed by atoms with E-state index in [1.807, 2.05) is 30.3 Å². The minimum atomic E-state index is -1.20. The van der Waals surface area contributed by atoms with Crippen molar-refractivity contribution in [3.05, 3.63) is 35.9 Å². The number of amides is 2. The topological polar surface area (TPSA) is 104 Å². The van der Waals surface area contributed by atoms with E-state index in [0.29, 0.717) is 12.8 Å². The van der Waals surface area contributed by atoms with Crippen molar-refractivity contribution in [3.8, 4) is 0 Å². The molecule has 0 bridgehead atoms. The van der Waals surface area contributed by atoms with Crippen molar-refractivity contribution in [1.29, 1.82) is 0 Å². The van der Waals surface area contributed by atoms with E-state index in [2.05, 4.69) is 5.32 Å². The van der Waals surface area contributed by atoms with E-state index >= 15 is 0 Å². The van der Waals surface area contributed by atoms with Crippen LogP contribution >= 0.6 is 11.8 Å². The van der Waals surface area contributed by atoms with Gasteiger partial charge in [-0.25, -0.2) is 4.79 Å². The first-order valence-corrected chi connectivity index (χ1v) is 9.37. The highest BCUT2D eigenvalue weighted by atomic mass is 32.2. The molecule has 2 N–H and O–H groups in total. The van der Waals surface area contributed by atoms with Gasteiger partial charge in [-0.2, -0.15) is 0 Å². The fourth-order valence-electron chi connectivity index (χ4n) is 2.93. The first kappa shape index (κ1) is 20.0. The Balaban J connectivity index is 2.11. The first-order chi connectivity index (χ1) is 12.4. The van der Waals surface area contributed by atoms with Crippen LogP contribution in [0.15, 0.2) is 30.3 Å². The summed E-state index contributed by atoms with van der Waals surface area (Å²) in [5.41, 5.74) is 1.04. The summed E-state index contributed by atoms with van der Waals surface area (Å²) < 4.78 is 0. The third-order valence-electron chi connectivity index (χ3n) is 4.12. The molecule has 0 saturated carbocycles. The summed E-state index contributed by atoms with van der Waals surface area (Å²) in [5.74, 6) is -1.66. The Hall–Kier alpha value is -2.35. The average molecular weight is 378 g/mol. The monoisotopic (exact) mass is 378 g/mol. The number of benzene rings is 1. The zero-order valence-electron chi connectivity index (χ0n) is 14.5. The predicted octanol–water partition coefficient (Wildman–Crippen LogP) is 1.42. The van der Waals surface area contributed by atoms with Crippen LogP contribution in [0.4, 0.5) is 0 Å². The Bertz CT molecular complexity index is 679. The molecule has 1 heterocycles. The van der Waals surface area contributed by atoms with Crippen LogP contribution in [0.3, 0.4) is 0 Å². The highest BCUT2D eigenvalue weighted by molar-refractivity contribution is 8.13. The van der Waals surface area contributed by atoms with E-state index in [4.69, 9.17) is 0 Å². The summed E-state index contributed by atoms with van der Waals surface area (Å²) in [4.78, 5) is 48.4. The molecule has 0 aliphatic carbocycles. The molecule has 2 atom stereocenters. The number of carboxylic acid groups (broad SMARTS) is 1. The summed E-state index contributed by atoms with van der Waals surface area (Å²) >= 11 is 1.02. The van der Waals surface area contributed by atoms with Crippen molar-refractivity contribution < 1.29 is 24.3 Å². The van der Waals surface area contributed by atoms with E-state index in [-0.39, 0.29) is 35.5 Å². The van der Waals surface area contributed by atoms with Crippen molar-refractivity contribution in [2.75, 3.05) is 5.75 Å². The van der Waals surface area contributed by atoms with E-state index in [0.717, 1.165) is 17.3 Å². The maximum Gasteiger partial charge on any atom is 0.327 e. The maximum absolute atomic E-state index is 12.6. The van der Waals surface area contributed by atoms with Crippen LogP contribution in [0.25, 0.3) is 0 Å². The lowest BCUT2D eigenvalue weighted by Crippen LogP contribution is -2.63. The van der Waals surface area contributed by atoms with Gasteiger partial charge in [-0.05, 0) is 18.4 Å². The quantitative estimate of drug-likeness (QED) is 0.744. The molecule has 26 heavy (non-hydrogen) atoms. The number of aryl methyl sites for hydroxylation is 1. The van der Waals surface area contributed by atoms with Gasteiger partial charge in [-0.1, -0.05) is 42.1 Å². The number of carboxylic acids is 1. The predicted molar refractivity (Wildman–Crippen MR) is 97.3 cm³/mol. The van der Waals surface area contributed by atoms with Crippen LogP contribution < -0.4 is 5.32 Å². The molecular formula is C18H22N2O5S. The van der Waals surface area contributed by atoms with Crippen LogP contribution in [0, 0.1) is 0 Å². The second-order valence-electron chi connectivity index (χ2n) is 6.06. The number of carbonyl (C=O) groups excluding carboxylic acids is 3. The lowest BCUT2D eigenvalue weighted by Gasteiger charge is -2.40. The van der Waals surface area contributed by atoms with Gasteiger partial charge < -0.3 is 15.3 Å². The van der Waals surface area contributed by atoms with Gasteiger partial charge in [0.2, 0.25) is 11.8 Å². The molecule has 0 unspecified atom stereocenters. The molecule has 1 aromatic rings. The molecule has 0 radical (unpaired) electrons. The van der Waals surface area contributed by atoms with E-state index in [1.54, 1.807) is 0 Å². The SMILES string of the molecule is CC(=O)SCCC(=O)N1[C@@H](CCc2ccccc2)NC(=O)C[C@H]1C(=O)O. The van der Waals surface area contributed by atoms with E-state index in [9.17, 15) is 24.3 Å². The Morgan fingerprint density at radius 3 is 2.58 bits per heavy atom. The van der Waals surface area contributed by atoms with E-state index < -0.39 is 18.2 Å². The van der Waals surface area contributed by atoms with Crippen molar-refractivity contribution in [3.63, 3.8) is 0 Å². The van der Waals surface area contributed by atoms with Crippen molar-refractivity contribution in [2.45, 2.75) is 44.8 Å². The lowest BCUT2D eigenvalue weighted by molar-refractivity contribution is -0.159. The third kappa shape index (κ3) is 5.59. The maximum atomic E-state index is 12.6. The lowest BCUT2D eigenvalue weighted by atomic mass is 10.0. The molecule has 1 aliphatic rings. The Morgan fingerprint density at radius 2 is 1.96 bits per heavy atom. The zero-order valence-corrected chi connectivity index (χ0v) is 15.3. The summed E-state index contributed by atoms with van der Waals surface area (Å²) in [6, 6.07) is 8.39. The molecule has 2 rings (SSSR count). The Morgan fingerprint density at radius 1 is 1.27 bits per heavy atom. The fourth-order valence-corrected chi connectivity index (χ4v) is 3.49. The molecule has 1 saturated heterocycles. The second kappa shape index (κ2) is 9.38.